The number of aryl methyl sites for hydroxylation is 1. The average Bonchev–Trinajstić information content (AvgIpc) is 3.03. The molecule has 2 N–H and O–H groups in total. The smallest absolute Gasteiger partial charge is 0.354 e. The minimum atomic E-state index is -1.08. The van der Waals surface area contributed by atoms with Gasteiger partial charge >= 0.3 is 5.97 Å². The first-order valence-corrected chi connectivity index (χ1v) is 8.16. The lowest BCUT2D eigenvalue weighted by Crippen LogP contribution is -2.21. The number of aliphatic hydroxyl groups excluding tert-OH is 1. The van der Waals surface area contributed by atoms with Crippen molar-refractivity contribution in [2.75, 3.05) is 6.61 Å². The summed E-state index contributed by atoms with van der Waals surface area (Å²) in [5.41, 5.74) is 1.18. The van der Waals surface area contributed by atoms with Crippen molar-refractivity contribution in [2.24, 2.45) is 11.8 Å². The van der Waals surface area contributed by atoms with E-state index >= 15 is 0 Å². The van der Waals surface area contributed by atoms with Crippen LogP contribution in [0.5, 0.6) is 0 Å². The molecule has 2 aromatic rings. The number of carboxylic acid groups (broad SMARTS) is 1. The molecule has 0 atom stereocenters. The van der Waals surface area contributed by atoms with Gasteiger partial charge in [0.25, 0.3) is 0 Å². The van der Waals surface area contributed by atoms with E-state index in [9.17, 15) is 9.90 Å². The highest BCUT2D eigenvalue weighted by Gasteiger charge is 2.22. The van der Waals surface area contributed by atoms with Gasteiger partial charge in [-0.2, -0.15) is 4.80 Å². The molecule has 0 saturated heterocycles. The minimum Gasteiger partial charge on any atom is -0.477 e. The van der Waals surface area contributed by atoms with Crippen LogP contribution >= 0.6 is 0 Å². The van der Waals surface area contributed by atoms with Crippen molar-refractivity contribution in [3.8, 4) is 11.4 Å². The van der Waals surface area contributed by atoms with Gasteiger partial charge in [-0.25, -0.2) is 9.78 Å². The zero-order valence-corrected chi connectivity index (χ0v) is 13.6. The SMILES string of the molecule is Cc1cc(-c2nnn(CC3CCC(CO)CC3)n2)cc(C(=O)O)n1. The fourth-order valence-corrected chi connectivity index (χ4v) is 3.17. The van der Waals surface area contributed by atoms with Crippen LogP contribution in [0.15, 0.2) is 12.1 Å². The summed E-state index contributed by atoms with van der Waals surface area (Å²) in [4.78, 5) is 16.7. The Hall–Kier alpha value is -2.35. The molecular formula is C16H21N5O3. The highest BCUT2D eigenvalue weighted by Crippen LogP contribution is 2.29. The molecule has 1 aliphatic rings. The predicted molar refractivity (Wildman–Crippen MR) is 85.3 cm³/mol. The van der Waals surface area contributed by atoms with Crippen molar-refractivity contribution < 1.29 is 15.0 Å². The molecule has 0 amide bonds. The molecule has 0 aromatic carbocycles. The molecule has 128 valence electrons. The van der Waals surface area contributed by atoms with E-state index in [1.165, 1.54) is 6.07 Å². The van der Waals surface area contributed by atoms with E-state index in [4.69, 9.17) is 5.11 Å². The summed E-state index contributed by atoms with van der Waals surface area (Å²) in [5.74, 6) is 0.249. The first-order chi connectivity index (χ1) is 11.5. The molecule has 1 fully saturated rings. The number of rotatable bonds is 5. The molecule has 1 saturated carbocycles. The predicted octanol–water partition coefficient (Wildman–Crippen LogP) is 1.54. The first kappa shape index (κ1) is 16.5. The molecule has 24 heavy (non-hydrogen) atoms. The van der Waals surface area contributed by atoms with Crippen LogP contribution in [0.1, 0.15) is 41.9 Å². The van der Waals surface area contributed by atoms with Crippen molar-refractivity contribution in [1.29, 1.82) is 0 Å². The maximum atomic E-state index is 11.1. The molecule has 0 radical (unpaired) electrons. The summed E-state index contributed by atoms with van der Waals surface area (Å²) in [6, 6.07) is 3.21. The van der Waals surface area contributed by atoms with Crippen LogP contribution in [0.25, 0.3) is 11.4 Å². The molecule has 0 spiro atoms. The summed E-state index contributed by atoms with van der Waals surface area (Å²) < 4.78 is 0. The fourth-order valence-electron chi connectivity index (χ4n) is 3.17. The van der Waals surface area contributed by atoms with Gasteiger partial charge in [0.1, 0.15) is 5.69 Å². The van der Waals surface area contributed by atoms with Crippen LogP contribution in [0.2, 0.25) is 0 Å². The average molecular weight is 331 g/mol. The van der Waals surface area contributed by atoms with Gasteiger partial charge in [0.05, 0.1) is 6.54 Å². The molecule has 8 nitrogen and oxygen atoms in total. The number of tetrazole rings is 1. The van der Waals surface area contributed by atoms with Gasteiger partial charge in [0.15, 0.2) is 0 Å². The fraction of sp³-hybridized carbons (Fsp3) is 0.562. The van der Waals surface area contributed by atoms with Crippen LogP contribution in [-0.4, -0.2) is 48.0 Å². The lowest BCUT2D eigenvalue weighted by atomic mass is 9.82. The van der Waals surface area contributed by atoms with E-state index in [0.717, 1.165) is 25.7 Å². The number of nitrogens with zero attached hydrogens (tertiary/aromatic N) is 5. The highest BCUT2D eigenvalue weighted by atomic mass is 16.4. The molecule has 3 rings (SSSR count). The van der Waals surface area contributed by atoms with Crippen molar-refractivity contribution in [3.05, 3.63) is 23.5 Å². The van der Waals surface area contributed by atoms with Crippen molar-refractivity contribution in [3.63, 3.8) is 0 Å². The molecule has 0 unspecified atom stereocenters. The van der Waals surface area contributed by atoms with Gasteiger partial charge in [0.2, 0.25) is 5.82 Å². The Balaban J connectivity index is 1.71. The number of aromatic nitrogens is 5. The van der Waals surface area contributed by atoms with Crippen LogP contribution in [0.3, 0.4) is 0 Å². The van der Waals surface area contributed by atoms with Crippen LogP contribution in [0, 0.1) is 18.8 Å². The summed E-state index contributed by atoms with van der Waals surface area (Å²) >= 11 is 0. The Kier molecular flexibility index (Phi) is 4.84. The van der Waals surface area contributed by atoms with Crippen molar-refractivity contribution in [2.45, 2.75) is 39.2 Å². The zero-order valence-electron chi connectivity index (χ0n) is 13.6. The van der Waals surface area contributed by atoms with E-state index in [0.29, 0.717) is 35.5 Å². The largest absolute Gasteiger partial charge is 0.477 e. The quantitative estimate of drug-likeness (QED) is 0.854. The Morgan fingerprint density at radius 3 is 2.62 bits per heavy atom. The molecule has 8 heteroatoms. The third-order valence-electron chi connectivity index (χ3n) is 4.53. The summed E-state index contributed by atoms with van der Waals surface area (Å²) in [5, 5.41) is 30.8. The number of aliphatic hydroxyl groups is 1. The normalized spacial score (nSPS) is 20.9. The van der Waals surface area contributed by atoms with Crippen LogP contribution < -0.4 is 0 Å². The first-order valence-electron chi connectivity index (χ1n) is 8.16. The maximum absolute atomic E-state index is 11.1. The van der Waals surface area contributed by atoms with Gasteiger partial charge < -0.3 is 10.2 Å². The van der Waals surface area contributed by atoms with E-state index in [1.807, 2.05) is 0 Å². The molecule has 0 aliphatic heterocycles. The Bertz CT molecular complexity index is 722. The second-order valence-electron chi connectivity index (χ2n) is 6.42. The van der Waals surface area contributed by atoms with E-state index in [-0.39, 0.29) is 12.3 Å². The van der Waals surface area contributed by atoms with Gasteiger partial charge in [-0.15, -0.1) is 10.2 Å². The monoisotopic (exact) mass is 331 g/mol. The van der Waals surface area contributed by atoms with Gasteiger partial charge in [-0.1, -0.05) is 0 Å². The minimum absolute atomic E-state index is 0.0244. The standard InChI is InChI=1S/C16H21N5O3/c1-10-6-13(7-14(17-10)16(23)24)15-18-20-21(19-15)8-11-2-4-12(9-22)5-3-11/h6-7,11-12,22H,2-5,8-9H2,1H3,(H,23,24). The molecule has 1 aliphatic carbocycles. The van der Waals surface area contributed by atoms with Gasteiger partial charge in [0, 0.05) is 17.9 Å². The second kappa shape index (κ2) is 7.04. The number of hydrogen-bond acceptors (Lipinski definition) is 6. The Morgan fingerprint density at radius 2 is 1.96 bits per heavy atom. The number of pyridine rings is 1. The molecule has 2 heterocycles. The number of carbonyl (C=O) groups is 1. The number of aromatic carboxylic acids is 1. The van der Waals surface area contributed by atoms with Gasteiger partial charge in [-0.05, 0) is 61.8 Å². The third kappa shape index (κ3) is 3.76. The highest BCUT2D eigenvalue weighted by molar-refractivity contribution is 5.86. The zero-order chi connectivity index (χ0) is 17.1. The summed E-state index contributed by atoms with van der Waals surface area (Å²) in [6.45, 7) is 2.70. The van der Waals surface area contributed by atoms with Crippen LogP contribution in [0.4, 0.5) is 0 Å². The van der Waals surface area contributed by atoms with Crippen molar-refractivity contribution >= 4 is 5.97 Å². The number of hydrogen-bond donors (Lipinski definition) is 2. The topological polar surface area (TPSA) is 114 Å². The van der Waals surface area contributed by atoms with Gasteiger partial charge in [-0.3, -0.25) is 0 Å². The lowest BCUT2D eigenvalue weighted by molar-refractivity contribution is 0.0690. The second-order valence-corrected chi connectivity index (χ2v) is 6.42. The Labute approximate surface area is 139 Å². The van der Waals surface area contributed by atoms with E-state index in [2.05, 4.69) is 20.4 Å². The molecular weight excluding hydrogens is 310 g/mol. The lowest BCUT2D eigenvalue weighted by Gasteiger charge is -2.26. The van der Waals surface area contributed by atoms with E-state index in [1.54, 1.807) is 17.8 Å². The summed E-state index contributed by atoms with van der Waals surface area (Å²) in [6.07, 6.45) is 4.18. The molecule has 2 aromatic heterocycles. The maximum Gasteiger partial charge on any atom is 0.354 e. The summed E-state index contributed by atoms with van der Waals surface area (Å²) in [7, 11) is 0. The number of carboxylic acids is 1. The van der Waals surface area contributed by atoms with Crippen LogP contribution in [-0.2, 0) is 6.54 Å². The third-order valence-corrected chi connectivity index (χ3v) is 4.53. The Morgan fingerprint density at radius 1 is 1.25 bits per heavy atom. The van der Waals surface area contributed by atoms with Crippen molar-refractivity contribution in [1.82, 2.24) is 25.2 Å². The van der Waals surface area contributed by atoms with E-state index < -0.39 is 5.97 Å². The molecule has 0 bridgehead atoms.